The summed E-state index contributed by atoms with van der Waals surface area (Å²) in [6.07, 6.45) is 1.94. The lowest BCUT2D eigenvalue weighted by Gasteiger charge is -2.25. The second-order valence-electron chi connectivity index (χ2n) is 2.83. The van der Waals surface area contributed by atoms with Crippen LogP contribution < -0.4 is 0 Å². The molecule has 1 aliphatic heterocycles. The predicted molar refractivity (Wildman–Crippen MR) is 38.5 cm³/mol. The van der Waals surface area contributed by atoms with Crippen molar-refractivity contribution in [1.29, 1.82) is 0 Å². The van der Waals surface area contributed by atoms with Crippen LogP contribution in [0.3, 0.4) is 0 Å². The van der Waals surface area contributed by atoms with E-state index in [0.29, 0.717) is 0 Å². The normalized spacial score (nSPS) is 38.4. The second kappa shape index (κ2) is 3.01. The van der Waals surface area contributed by atoms with Crippen molar-refractivity contribution in [2.45, 2.75) is 38.9 Å². The largest absolute Gasteiger partial charge is 0.411 e. The lowest BCUT2D eigenvalue weighted by molar-refractivity contribution is 0.00257. The molecule has 3 nitrogen and oxygen atoms in total. The van der Waals surface area contributed by atoms with Crippen molar-refractivity contribution in [3.63, 3.8) is 0 Å². The Balaban J connectivity index is 2.51. The van der Waals surface area contributed by atoms with Crippen LogP contribution in [-0.2, 0) is 4.74 Å². The number of rotatable bonds is 0. The van der Waals surface area contributed by atoms with E-state index in [2.05, 4.69) is 5.16 Å². The van der Waals surface area contributed by atoms with E-state index in [-0.39, 0.29) is 12.2 Å². The van der Waals surface area contributed by atoms with Gasteiger partial charge in [0, 0.05) is 12.8 Å². The summed E-state index contributed by atoms with van der Waals surface area (Å²) in [5, 5.41) is 11.6. The van der Waals surface area contributed by atoms with Crippen molar-refractivity contribution in [3.8, 4) is 0 Å². The summed E-state index contributed by atoms with van der Waals surface area (Å²) < 4.78 is 5.43. The number of hydrogen-bond donors (Lipinski definition) is 1. The smallest absolute Gasteiger partial charge is 0.0622 e. The Morgan fingerprint density at radius 1 is 1.40 bits per heavy atom. The molecule has 2 atom stereocenters. The predicted octanol–water partition coefficient (Wildman–Crippen LogP) is 1.40. The molecule has 1 rings (SSSR count). The zero-order valence-electron chi connectivity index (χ0n) is 6.37. The van der Waals surface area contributed by atoms with Crippen LogP contribution >= 0.6 is 0 Å². The lowest BCUT2D eigenvalue weighted by Crippen LogP contribution is -2.29. The van der Waals surface area contributed by atoms with Gasteiger partial charge in [-0.15, -0.1) is 0 Å². The number of hydrogen-bond acceptors (Lipinski definition) is 3. The van der Waals surface area contributed by atoms with Gasteiger partial charge in [-0.3, -0.25) is 0 Å². The van der Waals surface area contributed by atoms with Crippen molar-refractivity contribution in [2.24, 2.45) is 5.16 Å². The highest BCUT2D eigenvalue weighted by Crippen LogP contribution is 2.15. The maximum Gasteiger partial charge on any atom is 0.0622 e. The summed E-state index contributed by atoms with van der Waals surface area (Å²) in [5.41, 5.74) is 0.853. The van der Waals surface area contributed by atoms with Crippen molar-refractivity contribution in [2.75, 3.05) is 0 Å². The molecule has 0 aromatic carbocycles. The van der Waals surface area contributed by atoms with Crippen LogP contribution in [0, 0.1) is 0 Å². The van der Waals surface area contributed by atoms with Gasteiger partial charge in [-0.05, 0) is 13.8 Å². The Bertz CT molecular complexity index is 133. The first kappa shape index (κ1) is 7.54. The van der Waals surface area contributed by atoms with E-state index in [1.54, 1.807) is 0 Å². The third-order valence-corrected chi connectivity index (χ3v) is 1.65. The van der Waals surface area contributed by atoms with Gasteiger partial charge >= 0.3 is 0 Å². The Morgan fingerprint density at radius 3 is 2.30 bits per heavy atom. The lowest BCUT2D eigenvalue weighted by atomic mass is 10.0. The molecule has 1 N–H and O–H groups in total. The van der Waals surface area contributed by atoms with Gasteiger partial charge in [0.2, 0.25) is 0 Å². The first-order chi connectivity index (χ1) is 4.72. The highest BCUT2D eigenvalue weighted by Gasteiger charge is 2.20. The Morgan fingerprint density at radius 2 is 1.90 bits per heavy atom. The van der Waals surface area contributed by atoms with Gasteiger partial charge in [-0.2, -0.15) is 0 Å². The quantitative estimate of drug-likeness (QED) is 0.411. The van der Waals surface area contributed by atoms with Gasteiger partial charge in [0.05, 0.1) is 17.9 Å². The van der Waals surface area contributed by atoms with E-state index in [4.69, 9.17) is 9.94 Å². The van der Waals surface area contributed by atoms with E-state index < -0.39 is 0 Å². The molecule has 0 bridgehead atoms. The van der Waals surface area contributed by atoms with Crippen LogP contribution in [-0.4, -0.2) is 23.1 Å². The van der Waals surface area contributed by atoms with Gasteiger partial charge < -0.3 is 9.94 Å². The van der Waals surface area contributed by atoms with Gasteiger partial charge in [0.25, 0.3) is 0 Å². The molecular weight excluding hydrogens is 130 g/mol. The molecule has 0 aromatic heterocycles. The van der Waals surface area contributed by atoms with E-state index in [9.17, 15) is 0 Å². The third-order valence-electron chi connectivity index (χ3n) is 1.65. The first-order valence-corrected chi connectivity index (χ1v) is 3.57. The van der Waals surface area contributed by atoms with Crippen LogP contribution in [0.15, 0.2) is 5.16 Å². The molecule has 10 heavy (non-hydrogen) atoms. The van der Waals surface area contributed by atoms with Crippen LogP contribution in [0.1, 0.15) is 26.7 Å². The molecule has 1 aliphatic rings. The molecule has 1 saturated heterocycles. The molecule has 0 saturated carbocycles. The first-order valence-electron chi connectivity index (χ1n) is 3.57. The summed E-state index contributed by atoms with van der Waals surface area (Å²) in [6, 6.07) is 0. The van der Waals surface area contributed by atoms with Crippen molar-refractivity contribution >= 4 is 5.71 Å². The molecule has 0 radical (unpaired) electrons. The van der Waals surface area contributed by atoms with E-state index in [0.717, 1.165) is 18.6 Å². The van der Waals surface area contributed by atoms with E-state index >= 15 is 0 Å². The summed E-state index contributed by atoms with van der Waals surface area (Å²) in [5.74, 6) is 0. The molecule has 58 valence electrons. The van der Waals surface area contributed by atoms with Crippen molar-refractivity contribution < 1.29 is 9.94 Å². The standard InChI is InChI=1S/C7H13NO2/c1-5-3-7(8-9)4-6(2)10-5/h5-6,9H,3-4H2,1-2H3/b8-7-/t5-,6+/m0/s1. The average molecular weight is 143 g/mol. The fraction of sp³-hybridized carbons (Fsp3) is 0.857. The minimum Gasteiger partial charge on any atom is -0.411 e. The van der Waals surface area contributed by atoms with Crippen molar-refractivity contribution in [1.82, 2.24) is 0 Å². The Kier molecular flexibility index (Phi) is 2.27. The van der Waals surface area contributed by atoms with Crippen LogP contribution in [0.25, 0.3) is 0 Å². The van der Waals surface area contributed by atoms with Crippen LogP contribution in [0.4, 0.5) is 0 Å². The zero-order valence-corrected chi connectivity index (χ0v) is 6.37. The monoisotopic (exact) mass is 143 g/mol. The molecule has 1 heterocycles. The molecule has 0 aromatic rings. The Labute approximate surface area is 60.7 Å². The van der Waals surface area contributed by atoms with Crippen LogP contribution in [0.2, 0.25) is 0 Å². The SMILES string of the molecule is C[C@@H]1C/C(=N\O)C[C@H](C)O1. The number of ether oxygens (including phenoxy) is 1. The second-order valence-corrected chi connectivity index (χ2v) is 2.83. The number of nitrogens with zero attached hydrogens (tertiary/aromatic N) is 1. The van der Waals surface area contributed by atoms with Gasteiger partial charge in [0.15, 0.2) is 0 Å². The topological polar surface area (TPSA) is 41.8 Å². The van der Waals surface area contributed by atoms with Gasteiger partial charge in [0.1, 0.15) is 0 Å². The van der Waals surface area contributed by atoms with Gasteiger partial charge in [-0.1, -0.05) is 5.16 Å². The maximum atomic E-state index is 8.46. The molecule has 0 aliphatic carbocycles. The molecule has 3 heteroatoms. The minimum absolute atomic E-state index is 0.203. The van der Waals surface area contributed by atoms with Gasteiger partial charge in [-0.25, -0.2) is 0 Å². The molecule has 0 spiro atoms. The fourth-order valence-electron chi connectivity index (χ4n) is 1.32. The summed E-state index contributed by atoms with van der Waals surface area (Å²) in [4.78, 5) is 0. The number of oxime groups is 1. The molecule has 0 unspecified atom stereocenters. The molecule has 1 fully saturated rings. The fourth-order valence-corrected chi connectivity index (χ4v) is 1.32. The van der Waals surface area contributed by atoms with E-state index in [1.807, 2.05) is 13.8 Å². The average Bonchev–Trinajstić information content (AvgIpc) is 1.85. The third kappa shape index (κ3) is 1.70. The zero-order chi connectivity index (χ0) is 7.56. The van der Waals surface area contributed by atoms with Crippen LogP contribution in [0.5, 0.6) is 0 Å². The Hall–Kier alpha value is -0.570. The summed E-state index contributed by atoms with van der Waals surface area (Å²) >= 11 is 0. The summed E-state index contributed by atoms with van der Waals surface area (Å²) in [7, 11) is 0. The molecular formula is C7H13NO2. The van der Waals surface area contributed by atoms with E-state index in [1.165, 1.54) is 0 Å². The minimum atomic E-state index is 0.203. The molecule has 0 amide bonds. The highest BCUT2D eigenvalue weighted by molar-refractivity contribution is 5.85. The maximum absolute atomic E-state index is 8.46. The van der Waals surface area contributed by atoms with Crippen molar-refractivity contribution in [3.05, 3.63) is 0 Å². The summed E-state index contributed by atoms with van der Waals surface area (Å²) in [6.45, 7) is 3.97. The highest BCUT2D eigenvalue weighted by atomic mass is 16.5.